The molecule has 4 nitrogen and oxygen atoms in total. The topological polar surface area (TPSA) is 98.8 Å². The minimum Gasteiger partial charge on any atom is -0.412 e. The van der Waals surface area contributed by atoms with Gasteiger partial charge in [0.2, 0.25) is 0 Å². The summed E-state index contributed by atoms with van der Waals surface area (Å²) in [7, 11) is 1.00. The Labute approximate surface area is 202 Å². The molecule has 0 aromatic rings. The van der Waals surface area contributed by atoms with E-state index in [1.165, 1.54) is 122 Å². The number of hydrogen-bond acceptors (Lipinski definition) is 3. The Morgan fingerprint density at radius 2 is 1.25 bits per heavy atom. The molecule has 3 aliphatic carbocycles. The second-order valence-corrected chi connectivity index (χ2v) is 10.6. The molecule has 4 heteroatoms. The van der Waals surface area contributed by atoms with Crippen molar-refractivity contribution in [3.63, 3.8) is 0 Å². The number of rotatable bonds is 8. The molecule has 0 radical (unpaired) electrons. The standard InChI is InChI=1S/C18H35N.C9H18.CH4O.H3N.H2O/c1-3-15(2)13-14-19-18-11-9-17(10-12-18)16-7-5-4-6-8-16;1-2-6-9-7-4-3-5-8-9;1-2;;/h15-19H,3-14H2,1-2H3;9H,2-8H2,1H3;2H,1H3;1H3;1H2. The predicted molar refractivity (Wildman–Crippen MR) is 143 cm³/mol. The van der Waals surface area contributed by atoms with E-state index in [-0.39, 0.29) is 11.6 Å². The van der Waals surface area contributed by atoms with E-state index in [2.05, 4.69) is 26.1 Å². The zero-order valence-electron chi connectivity index (χ0n) is 22.5. The lowest BCUT2D eigenvalue weighted by molar-refractivity contribution is 0.176. The summed E-state index contributed by atoms with van der Waals surface area (Å²) in [5, 5.41) is 10.8. The van der Waals surface area contributed by atoms with Gasteiger partial charge in [-0.25, -0.2) is 0 Å². The molecule has 0 amide bonds. The number of aliphatic hydroxyl groups is 1. The van der Waals surface area contributed by atoms with Gasteiger partial charge < -0.3 is 22.1 Å². The smallest absolute Gasteiger partial charge is 0.0319 e. The number of nitrogens with one attached hydrogen (secondary N) is 1. The van der Waals surface area contributed by atoms with Gasteiger partial charge in [0.1, 0.15) is 0 Å². The van der Waals surface area contributed by atoms with Gasteiger partial charge in [0.05, 0.1) is 0 Å². The highest BCUT2D eigenvalue weighted by Gasteiger charge is 2.28. The van der Waals surface area contributed by atoms with Crippen molar-refractivity contribution in [2.24, 2.45) is 23.7 Å². The van der Waals surface area contributed by atoms with Crippen LogP contribution in [0.15, 0.2) is 0 Å². The third kappa shape index (κ3) is 14.9. The molecule has 3 saturated carbocycles. The second kappa shape index (κ2) is 22.6. The minimum absolute atomic E-state index is 0. The maximum Gasteiger partial charge on any atom is 0.0319 e. The molecule has 32 heavy (non-hydrogen) atoms. The van der Waals surface area contributed by atoms with Crippen molar-refractivity contribution in [2.45, 2.75) is 142 Å². The first kappa shape index (κ1) is 34.0. The second-order valence-electron chi connectivity index (χ2n) is 10.6. The van der Waals surface area contributed by atoms with Crippen molar-refractivity contribution < 1.29 is 10.6 Å². The van der Waals surface area contributed by atoms with Gasteiger partial charge in [-0.1, -0.05) is 104 Å². The molecule has 7 N–H and O–H groups in total. The van der Waals surface area contributed by atoms with Crippen molar-refractivity contribution in [1.82, 2.24) is 11.5 Å². The average Bonchev–Trinajstić information content (AvgIpc) is 2.82. The molecular weight excluding hydrogens is 396 g/mol. The van der Waals surface area contributed by atoms with Crippen LogP contribution >= 0.6 is 0 Å². The van der Waals surface area contributed by atoms with Crippen LogP contribution in [0.4, 0.5) is 0 Å². The van der Waals surface area contributed by atoms with E-state index in [0.29, 0.717) is 0 Å². The summed E-state index contributed by atoms with van der Waals surface area (Å²) in [6.07, 6.45) is 26.6. The summed E-state index contributed by atoms with van der Waals surface area (Å²) in [4.78, 5) is 0. The largest absolute Gasteiger partial charge is 0.412 e. The maximum absolute atomic E-state index is 7.00. The zero-order chi connectivity index (χ0) is 22.0. The Bertz CT molecular complexity index is 358. The van der Waals surface area contributed by atoms with E-state index < -0.39 is 0 Å². The van der Waals surface area contributed by atoms with Crippen molar-refractivity contribution >= 4 is 0 Å². The van der Waals surface area contributed by atoms with Crippen LogP contribution in [0.1, 0.15) is 136 Å². The molecule has 3 fully saturated rings. The summed E-state index contributed by atoms with van der Waals surface area (Å²) in [6, 6.07) is 0.837. The summed E-state index contributed by atoms with van der Waals surface area (Å²) < 4.78 is 0. The molecule has 0 aliphatic heterocycles. The molecule has 0 aromatic carbocycles. The van der Waals surface area contributed by atoms with Gasteiger partial charge >= 0.3 is 0 Å². The molecule has 0 bridgehead atoms. The molecule has 0 heterocycles. The summed E-state index contributed by atoms with van der Waals surface area (Å²) in [5.74, 6) is 4.16. The highest BCUT2D eigenvalue weighted by molar-refractivity contribution is 4.82. The van der Waals surface area contributed by atoms with Gasteiger partial charge in [-0.3, -0.25) is 0 Å². The predicted octanol–water partition coefficient (Wildman–Crippen LogP) is 7.46. The monoisotopic (exact) mass is 458 g/mol. The molecule has 196 valence electrons. The number of aliphatic hydroxyl groups excluding tert-OH is 1. The fourth-order valence-electron chi connectivity index (χ4n) is 6.02. The zero-order valence-corrected chi connectivity index (χ0v) is 22.5. The SMILES string of the molecule is CCC(C)CCNC1CCC(C2CCCCC2)CC1.CCCC1CCCCC1.CO.N.O. The molecule has 3 rings (SSSR count). The van der Waals surface area contributed by atoms with E-state index in [1.54, 1.807) is 0 Å². The van der Waals surface area contributed by atoms with E-state index in [4.69, 9.17) is 5.11 Å². The Morgan fingerprint density at radius 3 is 1.75 bits per heavy atom. The van der Waals surface area contributed by atoms with Gasteiger partial charge in [0.25, 0.3) is 0 Å². The van der Waals surface area contributed by atoms with Gasteiger partial charge in [-0.05, 0) is 62.3 Å². The molecule has 1 unspecified atom stereocenters. The Morgan fingerprint density at radius 1 is 0.750 bits per heavy atom. The van der Waals surface area contributed by atoms with E-state index in [1.807, 2.05) is 0 Å². The maximum atomic E-state index is 7.00. The first-order chi connectivity index (χ1) is 14.7. The van der Waals surface area contributed by atoms with E-state index >= 15 is 0 Å². The van der Waals surface area contributed by atoms with Crippen LogP contribution in [-0.2, 0) is 0 Å². The van der Waals surface area contributed by atoms with E-state index in [9.17, 15) is 0 Å². The first-order valence-corrected chi connectivity index (χ1v) is 13.9. The summed E-state index contributed by atoms with van der Waals surface area (Å²) in [5.41, 5.74) is 0. The van der Waals surface area contributed by atoms with Gasteiger partial charge in [0.15, 0.2) is 0 Å². The third-order valence-electron chi connectivity index (χ3n) is 8.28. The quantitative estimate of drug-likeness (QED) is 0.352. The lowest BCUT2D eigenvalue weighted by atomic mass is 9.72. The third-order valence-corrected chi connectivity index (χ3v) is 8.28. The van der Waals surface area contributed by atoms with Crippen molar-refractivity contribution in [3.05, 3.63) is 0 Å². The fourth-order valence-corrected chi connectivity index (χ4v) is 6.02. The van der Waals surface area contributed by atoms with Crippen molar-refractivity contribution in [1.29, 1.82) is 0 Å². The van der Waals surface area contributed by atoms with Crippen molar-refractivity contribution in [3.8, 4) is 0 Å². The summed E-state index contributed by atoms with van der Waals surface area (Å²) >= 11 is 0. The van der Waals surface area contributed by atoms with Crippen LogP contribution in [0.3, 0.4) is 0 Å². The number of hydrogen-bond donors (Lipinski definition) is 3. The molecule has 0 saturated heterocycles. The van der Waals surface area contributed by atoms with Crippen LogP contribution < -0.4 is 11.5 Å². The fraction of sp³-hybridized carbons (Fsp3) is 1.00. The molecule has 0 spiro atoms. The van der Waals surface area contributed by atoms with Crippen LogP contribution in [0.2, 0.25) is 0 Å². The molecule has 1 atom stereocenters. The highest BCUT2D eigenvalue weighted by Crippen LogP contribution is 2.38. The Hall–Kier alpha value is -0.160. The van der Waals surface area contributed by atoms with Gasteiger partial charge in [-0.2, -0.15) is 0 Å². The van der Waals surface area contributed by atoms with Gasteiger partial charge in [-0.15, -0.1) is 0 Å². The molecule has 3 aliphatic rings. The highest BCUT2D eigenvalue weighted by atomic mass is 16.2. The van der Waals surface area contributed by atoms with Gasteiger partial charge in [0, 0.05) is 13.2 Å². The lowest BCUT2D eigenvalue weighted by Gasteiger charge is -2.36. The minimum atomic E-state index is 0. The van der Waals surface area contributed by atoms with Crippen LogP contribution in [0.5, 0.6) is 0 Å². The first-order valence-electron chi connectivity index (χ1n) is 13.9. The van der Waals surface area contributed by atoms with E-state index in [0.717, 1.165) is 36.8 Å². The normalized spacial score (nSPS) is 25.0. The Balaban J connectivity index is 0. The Kier molecular flexibility index (Phi) is 24.0. The molecular formula is C28H62N2O2. The van der Waals surface area contributed by atoms with Crippen molar-refractivity contribution in [2.75, 3.05) is 13.7 Å². The van der Waals surface area contributed by atoms with Crippen LogP contribution in [0, 0.1) is 23.7 Å². The average molecular weight is 459 g/mol. The molecule has 0 aromatic heterocycles. The van der Waals surface area contributed by atoms with Crippen LogP contribution in [0.25, 0.3) is 0 Å². The summed E-state index contributed by atoms with van der Waals surface area (Å²) in [6.45, 7) is 8.23. The van der Waals surface area contributed by atoms with Crippen LogP contribution in [-0.4, -0.2) is 30.3 Å². The lowest BCUT2D eigenvalue weighted by Crippen LogP contribution is -2.36.